The number of methoxy groups -OCH3 is 1. The number of aliphatic hydroxyl groups excluding tert-OH is 1. The molecule has 114 valence electrons. The minimum atomic E-state index is -0.357. The van der Waals surface area contributed by atoms with E-state index in [0.717, 1.165) is 38.0 Å². The summed E-state index contributed by atoms with van der Waals surface area (Å²) in [5, 5.41) is 9.87. The molecule has 0 radical (unpaired) electrons. The molecule has 1 atom stereocenters. The van der Waals surface area contributed by atoms with Crippen molar-refractivity contribution in [2.45, 2.75) is 52.2 Å². The second-order valence-corrected chi connectivity index (χ2v) is 5.17. The van der Waals surface area contributed by atoms with E-state index in [4.69, 9.17) is 4.74 Å². The number of anilines is 1. The van der Waals surface area contributed by atoms with E-state index >= 15 is 0 Å². The molecule has 0 aliphatic rings. The van der Waals surface area contributed by atoms with Crippen molar-refractivity contribution < 1.29 is 9.84 Å². The lowest BCUT2D eigenvalue weighted by Crippen LogP contribution is -2.37. The molecular formula is C17H29NO2. The topological polar surface area (TPSA) is 32.7 Å². The van der Waals surface area contributed by atoms with E-state index < -0.39 is 0 Å². The van der Waals surface area contributed by atoms with E-state index in [2.05, 4.69) is 30.9 Å². The molecule has 0 bridgehead atoms. The lowest BCUT2D eigenvalue weighted by Gasteiger charge is -2.32. The Balaban J connectivity index is 2.89. The number of ether oxygens (including phenoxy) is 1. The molecule has 0 fully saturated rings. The number of hydrogen-bond acceptors (Lipinski definition) is 3. The van der Waals surface area contributed by atoms with Crippen LogP contribution in [0.2, 0.25) is 0 Å². The SMILES string of the molecule is CCC(CC)N(CCOC)c1ccc([C@H](O)CC)cc1. The van der Waals surface area contributed by atoms with Crippen molar-refractivity contribution in [2.24, 2.45) is 0 Å². The largest absolute Gasteiger partial charge is 0.388 e. The zero-order chi connectivity index (χ0) is 15.0. The third kappa shape index (κ3) is 4.50. The van der Waals surface area contributed by atoms with Crippen molar-refractivity contribution >= 4 is 5.69 Å². The first kappa shape index (κ1) is 17.0. The van der Waals surface area contributed by atoms with Gasteiger partial charge in [0.2, 0.25) is 0 Å². The minimum Gasteiger partial charge on any atom is -0.388 e. The number of aliphatic hydroxyl groups is 1. The van der Waals surface area contributed by atoms with Crippen LogP contribution in [0.15, 0.2) is 24.3 Å². The molecule has 1 N–H and O–H groups in total. The zero-order valence-corrected chi connectivity index (χ0v) is 13.3. The van der Waals surface area contributed by atoms with Crippen molar-refractivity contribution in [3.05, 3.63) is 29.8 Å². The maximum absolute atomic E-state index is 9.87. The van der Waals surface area contributed by atoms with Crippen LogP contribution in [-0.2, 0) is 4.74 Å². The van der Waals surface area contributed by atoms with Gasteiger partial charge >= 0.3 is 0 Å². The summed E-state index contributed by atoms with van der Waals surface area (Å²) in [6.45, 7) is 8.08. The average Bonchev–Trinajstić information content (AvgIpc) is 2.51. The van der Waals surface area contributed by atoms with Crippen LogP contribution >= 0.6 is 0 Å². The van der Waals surface area contributed by atoms with Gasteiger partial charge in [-0.2, -0.15) is 0 Å². The highest BCUT2D eigenvalue weighted by atomic mass is 16.5. The number of hydrogen-bond donors (Lipinski definition) is 1. The molecule has 0 saturated carbocycles. The van der Waals surface area contributed by atoms with Crippen molar-refractivity contribution in [3.8, 4) is 0 Å². The van der Waals surface area contributed by atoms with Gasteiger partial charge in [0.25, 0.3) is 0 Å². The molecule has 0 heterocycles. The molecule has 20 heavy (non-hydrogen) atoms. The van der Waals surface area contributed by atoms with E-state index in [1.807, 2.05) is 19.1 Å². The summed E-state index contributed by atoms with van der Waals surface area (Å²) in [4.78, 5) is 2.41. The second kappa shape index (κ2) is 8.98. The molecule has 0 unspecified atom stereocenters. The van der Waals surface area contributed by atoms with Gasteiger partial charge in [0.05, 0.1) is 12.7 Å². The molecule has 0 aliphatic heterocycles. The maximum Gasteiger partial charge on any atom is 0.0787 e. The van der Waals surface area contributed by atoms with Gasteiger partial charge in [-0.25, -0.2) is 0 Å². The predicted molar refractivity (Wildman–Crippen MR) is 85.3 cm³/mol. The first-order valence-electron chi connectivity index (χ1n) is 7.71. The quantitative estimate of drug-likeness (QED) is 0.747. The van der Waals surface area contributed by atoms with E-state index in [0.29, 0.717) is 6.04 Å². The van der Waals surface area contributed by atoms with E-state index in [1.54, 1.807) is 7.11 Å². The summed E-state index contributed by atoms with van der Waals surface area (Å²) in [5.41, 5.74) is 2.20. The van der Waals surface area contributed by atoms with Crippen LogP contribution in [0.1, 0.15) is 51.7 Å². The van der Waals surface area contributed by atoms with Crippen LogP contribution < -0.4 is 4.90 Å². The van der Waals surface area contributed by atoms with Gasteiger partial charge in [-0.05, 0) is 37.0 Å². The Bertz CT molecular complexity index is 360. The normalized spacial score (nSPS) is 12.7. The smallest absolute Gasteiger partial charge is 0.0787 e. The number of nitrogens with zero attached hydrogens (tertiary/aromatic N) is 1. The Kier molecular flexibility index (Phi) is 7.63. The highest BCUT2D eigenvalue weighted by molar-refractivity contribution is 5.49. The van der Waals surface area contributed by atoms with Crippen molar-refractivity contribution in [2.75, 3.05) is 25.2 Å². The molecule has 1 aromatic carbocycles. The van der Waals surface area contributed by atoms with Gasteiger partial charge in [0.1, 0.15) is 0 Å². The van der Waals surface area contributed by atoms with Crippen LogP contribution in [0.25, 0.3) is 0 Å². The molecule has 0 aliphatic carbocycles. The summed E-state index contributed by atoms with van der Waals surface area (Å²) in [6, 6.07) is 8.83. The molecule has 0 aromatic heterocycles. The molecule has 1 aromatic rings. The summed E-state index contributed by atoms with van der Waals surface area (Å²) < 4.78 is 5.23. The fourth-order valence-electron chi connectivity index (χ4n) is 2.57. The first-order valence-corrected chi connectivity index (χ1v) is 7.71. The van der Waals surface area contributed by atoms with Crippen molar-refractivity contribution in [1.82, 2.24) is 0 Å². The van der Waals surface area contributed by atoms with E-state index in [1.165, 1.54) is 5.69 Å². The fraction of sp³-hybridized carbons (Fsp3) is 0.647. The summed E-state index contributed by atoms with van der Waals surface area (Å²) >= 11 is 0. The Morgan fingerprint density at radius 2 is 1.65 bits per heavy atom. The van der Waals surface area contributed by atoms with Gasteiger partial charge in [-0.3, -0.25) is 0 Å². The lowest BCUT2D eigenvalue weighted by atomic mass is 10.0. The third-order valence-electron chi connectivity index (χ3n) is 3.92. The van der Waals surface area contributed by atoms with Gasteiger partial charge in [-0.15, -0.1) is 0 Å². The van der Waals surface area contributed by atoms with E-state index in [9.17, 15) is 5.11 Å². The number of benzene rings is 1. The predicted octanol–water partition coefficient (Wildman–Crippen LogP) is 3.77. The molecule has 3 heteroatoms. The highest BCUT2D eigenvalue weighted by Crippen LogP contribution is 2.24. The monoisotopic (exact) mass is 279 g/mol. The standard InChI is InChI=1S/C17H29NO2/c1-5-15(6-2)18(12-13-20-4)16-10-8-14(9-11-16)17(19)7-3/h8-11,15,17,19H,5-7,12-13H2,1-4H3/t17-/m1/s1. The average molecular weight is 279 g/mol. The molecule has 0 saturated heterocycles. The minimum absolute atomic E-state index is 0.357. The first-order chi connectivity index (χ1) is 9.67. The summed E-state index contributed by atoms with van der Waals surface area (Å²) in [5.74, 6) is 0. The van der Waals surface area contributed by atoms with Crippen LogP contribution in [0.3, 0.4) is 0 Å². The fourth-order valence-corrected chi connectivity index (χ4v) is 2.57. The van der Waals surface area contributed by atoms with Crippen LogP contribution in [-0.4, -0.2) is 31.4 Å². The second-order valence-electron chi connectivity index (χ2n) is 5.17. The lowest BCUT2D eigenvalue weighted by molar-refractivity contribution is 0.173. The Labute approximate surface area is 123 Å². The van der Waals surface area contributed by atoms with Gasteiger partial charge < -0.3 is 14.7 Å². The van der Waals surface area contributed by atoms with Gasteiger partial charge in [-0.1, -0.05) is 32.9 Å². The van der Waals surface area contributed by atoms with Crippen LogP contribution in [0.5, 0.6) is 0 Å². The molecule has 0 spiro atoms. The zero-order valence-electron chi connectivity index (χ0n) is 13.3. The Hall–Kier alpha value is -1.06. The third-order valence-corrected chi connectivity index (χ3v) is 3.92. The Morgan fingerprint density at radius 3 is 2.10 bits per heavy atom. The Morgan fingerprint density at radius 1 is 1.05 bits per heavy atom. The van der Waals surface area contributed by atoms with Crippen LogP contribution in [0, 0.1) is 0 Å². The summed E-state index contributed by atoms with van der Waals surface area (Å²) in [7, 11) is 1.74. The van der Waals surface area contributed by atoms with Crippen LogP contribution in [0.4, 0.5) is 5.69 Å². The van der Waals surface area contributed by atoms with Gasteiger partial charge in [0, 0.05) is 25.4 Å². The van der Waals surface area contributed by atoms with E-state index in [-0.39, 0.29) is 6.10 Å². The molecule has 3 nitrogen and oxygen atoms in total. The maximum atomic E-state index is 9.87. The van der Waals surface area contributed by atoms with Gasteiger partial charge in [0.15, 0.2) is 0 Å². The molecular weight excluding hydrogens is 250 g/mol. The molecule has 1 rings (SSSR count). The highest BCUT2D eigenvalue weighted by Gasteiger charge is 2.16. The number of rotatable bonds is 9. The molecule has 0 amide bonds. The van der Waals surface area contributed by atoms with Crippen molar-refractivity contribution in [1.29, 1.82) is 0 Å². The summed E-state index contributed by atoms with van der Waals surface area (Å²) in [6.07, 6.45) is 2.64. The van der Waals surface area contributed by atoms with Crippen molar-refractivity contribution in [3.63, 3.8) is 0 Å².